The lowest BCUT2D eigenvalue weighted by atomic mass is 10.1. The summed E-state index contributed by atoms with van der Waals surface area (Å²) in [7, 11) is 1.54. The minimum Gasteiger partial charge on any atom is -0.508 e. The summed E-state index contributed by atoms with van der Waals surface area (Å²) in [5.74, 6) is 0.370. The normalized spacial score (nSPS) is 10.2. The van der Waals surface area contributed by atoms with E-state index in [2.05, 4.69) is 0 Å². The fraction of sp³-hybridized carbons (Fsp3) is 0.0500. The van der Waals surface area contributed by atoms with Gasteiger partial charge in [-0.15, -0.1) is 0 Å². The fourth-order valence-corrected chi connectivity index (χ4v) is 2.53. The van der Waals surface area contributed by atoms with Crippen molar-refractivity contribution in [3.05, 3.63) is 84.4 Å². The van der Waals surface area contributed by atoms with Crippen molar-refractivity contribution in [2.45, 2.75) is 0 Å². The lowest BCUT2D eigenvalue weighted by Gasteiger charge is -2.24. The van der Waals surface area contributed by atoms with E-state index in [4.69, 9.17) is 4.74 Å². The Morgan fingerprint density at radius 1 is 0.875 bits per heavy atom. The SMILES string of the molecule is COc1ccccc1C(=O)N(c1ccccc1)c1cccc(O)c1. The molecule has 4 heteroatoms. The first kappa shape index (κ1) is 15.6. The van der Waals surface area contributed by atoms with Crippen LogP contribution in [0, 0.1) is 0 Å². The van der Waals surface area contributed by atoms with Gasteiger partial charge in [0.2, 0.25) is 0 Å². The number of rotatable bonds is 4. The molecule has 24 heavy (non-hydrogen) atoms. The molecule has 0 unspecified atom stereocenters. The summed E-state index contributed by atoms with van der Waals surface area (Å²) in [5.41, 5.74) is 1.74. The van der Waals surface area contributed by atoms with E-state index in [0.29, 0.717) is 22.7 Å². The summed E-state index contributed by atoms with van der Waals surface area (Å²) in [6, 6.07) is 23.0. The van der Waals surface area contributed by atoms with Crippen molar-refractivity contribution in [1.29, 1.82) is 0 Å². The van der Waals surface area contributed by atoms with Crippen molar-refractivity contribution in [2.75, 3.05) is 12.0 Å². The van der Waals surface area contributed by atoms with Crippen LogP contribution in [0.25, 0.3) is 0 Å². The van der Waals surface area contributed by atoms with E-state index in [0.717, 1.165) is 0 Å². The molecule has 0 saturated carbocycles. The smallest absolute Gasteiger partial charge is 0.266 e. The minimum atomic E-state index is -0.232. The monoisotopic (exact) mass is 319 g/mol. The highest BCUT2D eigenvalue weighted by Crippen LogP contribution is 2.31. The number of hydrogen-bond acceptors (Lipinski definition) is 3. The summed E-state index contributed by atoms with van der Waals surface area (Å²) in [6.07, 6.45) is 0. The van der Waals surface area contributed by atoms with Crippen LogP contribution in [0.2, 0.25) is 0 Å². The molecule has 0 radical (unpaired) electrons. The number of phenolic OH excluding ortho intramolecular Hbond substituents is 1. The van der Waals surface area contributed by atoms with E-state index in [1.807, 2.05) is 36.4 Å². The highest BCUT2D eigenvalue weighted by Gasteiger charge is 2.22. The third-order valence-electron chi connectivity index (χ3n) is 3.64. The molecule has 0 atom stereocenters. The standard InChI is InChI=1S/C20H17NO3/c1-24-19-13-6-5-12-18(19)20(23)21(15-8-3-2-4-9-15)16-10-7-11-17(22)14-16/h2-14,22H,1H3. The van der Waals surface area contributed by atoms with Crippen molar-refractivity contribution < 1.29 is 14.6 Å². The van der Waals surface area contributed by atoms with Crippen LogP contribution in [0.1, 0.15) is 10.4 Å². The molecule has 1 amide bonds. The summed E-state index contributed by atoms with van der Waals surface area (Å²) in [5, 5.41) is 9.80. The number of aromatic hydroxyl groups is 1. The molecule has 0 fully saturated rings. The summed E-state index contributed by atoms with van der Waals surface area (Å²) in [4.78, 5) is 14.8. The number of methoxy groups -OCH3 is 1. The maximum atomic E-state index is 13.2. The molecule has 0 spiro atoms. The van der Waals surface area contributed by atoms with Gasteiger partial charge in [-0.1, -0.05) is 36.4 Å². The first-order valence-electron chi connectivity index (χ1n) is 7.52. The largest absolute Gasteiger partial charge is 0.508 e. The van der Waals surface area contributed by atoms with Gasteiger partial charge in [0.05, 0.1) is 18.4 Å². The van der Waals surface area contributed by atoms with E-state index in [-0.39, 0.29) is 11.7 Å². The highest BCUT2D eigenvalue weighted by atomic mass is 16.5. The number of carbonyl (C=O) groups is 1. The number of anilines is 2. The number of hydrogen-bond donors (Lipinski definition) is 1. The Bertz CT molecular complexity index is 846. The molecule has 3 aromatic carbocycles. The van der Waals surface area contributed by atoms with E-state index >= 15 is 0 Å². The quantitative estimate of drug-likeness (QED) is 0.776. The predicted molar refractivity (Wildman–Crippen MR) is 94.0 cm³/mol. The van der Waals surface area contributed by atoms with Gasteiger partial charge < -0.3 is 9.84 Å². The van der Waals surface area contributed by atoms with Crippen LogP contribution in [0.3, 0.4) is 0 Å². The second kappa shape index (κ2) is 6.87. The van der Waals surface area contributed by atoms with Crippen LogP contribution >= 0.6 is 0 Å². The number of carbonyl (C=O) groups excluding carboxylic acids is 1. The van der Waals surface area contributed by atoms with Crippen molar-refractivity contribution in [1.82, 2.24) is 0 Å². The Morgan fingerprint density at radius 2 is 1.54 bits per heavy atom. The molecule has 1 N–H and O–H groups in total. The van der Waals surface area contributed by atoms with Crippen molar-refractivity contribution >= 4 is 17.3 Å². The summed E-state index contributed by atoms with van der Waals surface area (Å²) >= 11 is 0. The number of ether oxygens (including phenoxy) is 1. The first-order valence-corrected chi connectivity index (χ1v) is 7.52. The second-order valence-electron chi connectivity index (χ2n) is 5.20. The molecule has 3 aromatic rings. The zero-order valence-electron chi connectivity index (χ0n) is 13.2. The van der Waals surface area contributed by atoms with Gasteiger partial charge in [0, 0.05) is 11.8 Å². The predicted octanol–water partition coefficient (Wildman–Crippen LogP) is 4.38. The van der Waals surface area contributed by atoms with Gasteiger partial charge in [-0.3, -0.25) is 9.69 Å². The van der Waals surface area contributed by atoms with Gasteiger partial charge in [0.1, 0.15) is 11.5 Å². The summed E-state index contributed by atoms with van der Waals surface area (Å²) < 4.78 is 5.32. The molecule has 0 heterocycles. The molecule has 3 rings (SSSR count). The van der Waals surface area contributed by atoms with Crippen LogP contribution in [-0.4, -0.2) is 18.1 Å². The Morgan fingerprint density at radius 3 is 2.25 bits per heavy atom. The fourth-order valence-electron chi connectivity index (χ4n) is 2.53. The molecule has 0 aliphatic heterocycles. The zero-order chi connectivity index (χ0) is 16.9. The molecular formula is C20H17NO3. The molecule has 0 saturated heterocycles. The van der Waals surface area contributed by atoms with E-state index in [9.17, 15) is 9.90 Å². The maximum absolute atomic E-state index is 13.2. The average Bonchev–Trinajstić information content (AvgIpc) is 2.63. The molecule has 0 aliphatic carbocycles. The molecule has 4 nitrogen and oxygen atoms in total. The summed E-state index contributed by atoms with van der Waals surface area (Å²) in [6.45, 7) is 0. The molecule has 0 aliphatic rings. The van der Waals surface area contributed by atoms with Crippen LogP contribution in [0.5, 0.6) is 11.5 Å². The van der Waals surface area contributed by atoms with Gasteiger partial charge in [-0.25, -0.2) is 0 Å². The highest BCUT2D eigenvalue weighted by molar-refractivity contribution is 6.12. The topological polar surface area (TPSA) is 49.8 Å². The third kappa shape index (κ3) is 3.08. The lowest BCUT2D eigenvalue weighted by Crippen LogP contribution is -2.26. The van der Waals surface area contributed by atoms with Gasteiger partial charge in [0.15, 0.2) is 0 Å². The van der Waals surface area contributed by atoms with Crippen molar-refractivity contribution in [2.24, 2.45) is 0 Å². The van der Waals surface area contributed by atoms with Gasteiger partial charge >= 0.3 is 0 Å². The van der Waals surface area contributed by atoms with E-state index in [1.54, 1.807) is 47.4 Å². The van der Waals surface area contributed by atoms with E-state index in [1.165, 1.54) is 7.11 Å². The Kier molecular flexibility index (Phi) is 4.47. The number of para-hydroxylation sites is 2. The number of nitrogens with zero attached hydrogens (tertiary/aromatic N) is 1. The van der Waals surface area contributed by atoms with Gasteiger partial charge in [0.25, 0.3) is 5.91 Å². The Hall–Kier alpha value is -3.27. The molecule has 120 valence electrons. The molecular weight excluding hydrogens is 302 g/mol. The van der Waals surface area contributed by atoms with Crippen LogP contribution in [-0.2, 0) is 0 Å². The van der Waals surface area contributed by atoms with Crippen LogP contribution in [0.4, 0.5) is 11.4 Å². The molecule has 0 bridgehead atoms. The second-order valence-corrected chi connectivity index (χ2v) is 5.20. The number of amides is 1. The van der Waals surface area contributed by atoms with Crippen LogP contribution < -0.4 is 9.64 Å². The zero-order valence-corrected chi connectivity index (χ0v) is 13.2. The van der Waals surface area contributed by atoms with Gasteiger partial charge in [-0.05, 0) is 36.4 Å². The van der Waals surface area contributed by atoms with Crippen molar-refractivity contribution in [3.8, 4) is 11.5 Å². The lowest BCUT2D eigenvalue weighted by molar-refractivity contribution is 0.0996. The van der Waals surface area contributed by atoms with Crippen LogP contribution in [0.15, 0.2) is 78.9 Å². The first-order chi connectivity index (χ1) is 11.7. The number of phenols is 1. The van der Waals surface area contributed by atoms with E-state index < -0.39 is 0 Å². The Balaban J connectivity index is 2.13. The molecule has 0 aromatic heterocycles. The van der Waals surface area contributed by atoms with Gasteiger partial charge in [-0.2, -0.15) is 0 Å². The Labute approximate surface area is 140 Å². The minimum absolute atomic E-state index is 0.0984. The maximum Gasteiger partial charge on any atom is 0.266 e. The average molecular weight is 319 g/mol. The third-order valence-corrected chi connectivity index (χ3v) is 3.64. The van der Waals surface area contributed by atoms with Crippen molar-refractivity contribution in [3.63, 3.8) is 0 Å². The number of benzene rings is 3.